The summed E-state index contributed by atoms with van der Waals surface area (Å²) >= 11 is 0. The average molecular weight is 224 g/mol. The first-order valence-electron chi connectivity index (χ1n) is 5.46. The second-order valence-electron chi connectivity index (χ2n) is 4.16. The molecule has 2 rings (SSSR count). The van der Waals surface area contributed by atoms with E-state index in [1.54, 1.807) is 4.90 Å². The second-order valence-corrected chi connectivity index (χ2v) is 4.16. The van der Waals surface area contributed by atoms with Crippen molar-refractivity contribution in [3.05, 3.63) is 12.7 Å². The molecule has 0 saturated carbocycles. The Bertz CT molecular complexity index is 350. The molecule has 1 aromatic heterocycles. The van der Waals surface area contributed by atoms with E-state index in [9.17, 15) is 4.79 Å². The first-order chi connectivity index (χ1) is 7.66. The number of carbonyl (C=O) groups excluding carboxylic acids is 1. The molecular formula is C10H16N4O2. The minimum absolute atomic E-state index is 0.132. The lowest BCUT2D eigenvalue weighted by Crippen LogP contribution is -2.34. The van der Waals surface area contributed by atoms with Crippen LogP contribution in [0.4, 0.5) is 4.79 Å². The standard InChI is InChI=1S/C10H16N4O2/c1-8(2)16-9-3-4-13(5-9)10(15)14-7-11-6-12-14/h6-9H,3-5H2,1-2H3/t9-/m1/s1. The monoisotopic (exact) mass is 224 g/mol. The van der Waals surface area contributed by atoms with E-state index in [0.717, 1.165) is 13.0 Å². The van der Waals surface area contributed by atoms with Crippen LogP contribution in [0, 0.1) is 0 Å². The number of nitrogens with zero attached hydrogens (tertiary/aromatic N) is 4. The third-order valence-electron chi connectivity index (χ3n) is 2.49. The minimum Gasteiger partial charge on any atom is -0.374 e. The van der Waals surface area contributed by atoms with Gasteiger partial charge in [0, 0.05) is 13.1 Å². The molecule has 1 atom stereocenters. The number of aromatic nitrogens is 3. The third kappa shape index (κ3) is 2.38. The third-order valence-corrected chi connectivity index (χ3v) is 2.49. The molecule has 1 aromatic rings. The zero-order valence-corrected chi connectivity index (χ0v) is 9.54. The number of hydrogen-bond acceptors (Lipinski definition) is 4. The van der Waals surface area contributed by atoms with E-state index in [2.05, 4.69) is 10.1 Å². The van der Waals surface area contributed by atoms with Crippen LogP contribution in [0.1, 0.15) is 20.3 Å². The number of amides is 1. The summed E-state index contributed by atoms with van der Waals surface area (Å²) in [6.07, 6.45) is 4.01. The van der Waals surface area contributed by atoms with Crippen LogP contribution in [0.25, 0.3) is 0 Å². The predicted molar refractivity (Wildman–Crippen MR) is 57.0 cm³/mol. The maximum absolute atomic E-state index is 11.9. The predicted octanol–water partition coefficient (Wildman–Crippen LogP) is 0.746. The molecule has 0 aliphatic carbocycles. The van der Waals surface area contributed by atoms with Gasteiger partial charge in [-0.2, -0.15) is 9.78 Å². The van der Waals surface area contributed by atoms with Crippen molar-refractivity contribution >= 4 is 6.03 Å². The fourth-order valence-electron chi connectivity index (χ4n) is 1.85. The second kappa shape index (κ2) is 4.61. The number of hydrogen-bond donors (Lipinski definition) is 0. The first-order valence-corrected chi connectivity index (χ1v) is 5.46. The first kappa shape index (κ1) is 11.1. The van der Waals surface area contributed by atoms with Crippen molar-refractivity contribution in [3.63, 3.8) is 0 Å². The molecule has 0 bridgehead atoms. The van der Waals surface area contributed by atoms with E-state index in [1.807, 2.05) is 13.8 Å². The molecule has 1 aliphatic rings. The lowest BCUT2D eigenvalue weighted by atomic mass is 10.3. The van der Waals surface area contributed by atoms with Gasteiger partial charge in [-0.25, -0.2) is 9.78 Å². The molecule has 0 radical (unpaired) electrons. The molecule has 0 N–H and O–H groups in total. The summed E-state index contributed by atoms with van der Waals surface area (Å²) in [4.78, 5) is 17.4. The Balaban J connectivity index is 1.91. The molecule has 0 aromatic carbocycles. The Labute approximate surface area is 94.2 Å². The summed E-state index contributed by atoms with van der Waals surface area (Å²) in [6, 6.07) is -0.132. The van der Waals surface area contributed by atoms with Crippen molar-refractivity contribution in [2.75, 3.05) is 13.1 Å². The Morgan fingerprint density at radius 2 is 2.38 bits per heavy atom. The Kier molecular flexibility index (Phi) is 3.19. The van der Waals surface area contributed by atoms with Crippen LogP contribution in [-0.4, -0.2) is 51.0 Å². The van der Waals surface area contributed by atoms with Gasteiger partial charge in [-0.05, 0) is 20.3 Å². The highest BCUT2D eigenvalue weighted by Crippen LogP contribution is 2.15. The van der Waals surface area contributed by atoms with Gasteiger partial charge in [0.15, 0.2) is 0 Å². The van der Waals surface area contributed by atoms with Crippen LogP contribution < -0.4 is 0 Å². The van der Waals surface area contributed by atoms with Crippen molar-refractivity contribution in [2.45, 2.75) is 32.5 Å². The summed E-state index contributed by atoms with van der Waals surface area (Å²) in [5.74, 6) is 0. The van der Waals surface area contributed by atoms with Gasteiger partial charge in [0.1, 0.15) is 12.7 Å². The van der Waals surface area contributed by atoms with Crippen molar-refractivity contribution < 1.29 is 9.53 Å². The summed E-state index contributed by atoms with van der Waals surface area (Å²) in [5, 5.41) is 3.82. The molecule has 2 heterocycles. The lowest BCUT2D eigenvalue weighted by Gasteiger charge is -2.17. The zero-order chi connectivity index (χ0) is 11.5. The Morgan fingerprint density at radius 3 is 3.00 bits per heavy atom. The van der Waals surface area contributed by atoms with Crippen molar-refractivity contribution in [1.29, 1.82) is 0 Å². The number of ether oxygens (including phenoxy) is 1. The van der Waals surface area contributed by atoms with E-state index in [4.69, 9.17) is 4.74 Å². The number of likely N-dealkylation sites (tertiary alicyclic amines) is 1. The van der Waals surface area contributed by atoms with E-state index in [0.29, 0.717) is 6.54 Å². The largest absolute Gasteiger partial charge is 0.374 e. The van der Waals surface area contributed by atoms with Crippen LogP contribution in [0.5, 0.6) is 0 Å². The quantitative estimate of drug-likeness (QED) is 0.743. The van der Waals surface area contributed by atoms with Crippen LogP contribution in [-0.2, 0) is 4.74 Å². The van der Waals surface area contributed by atoms with Gasteiger partial charge in [-0.1, -0.05) is 0 Å². The zero-order valence-electron chi connectivity index (χ0n) is 9.54. The van der Waals surface area contributed by atoms with Gasteiger partial charge < -0.3 is 9.64 Å². The van der Waals surface area contributed by atoms with Crippen LogP contribution >= 0.6 is 0 Å². The van der Waals surface area contributed by atoms with E-state index in [-0.39, 0.29) is 18.2 Å². The summed E-state index contributed by atoms with van der Waals surface area (Å²) in [6.45, 7) is 5.36. The van der Waals surface area contributed by atoms with E-state index in [1.165, 1.54) is 17.3 Å². The van der Waals surface area contributed by atoms with Crippen LogP contribution in [0.15, 0.2) is 12.7 Å². The molecule has 1 amide bonds. The van der Waals surface area contributed by atoms with Gasteiger partial charge in [0.05, 0.1) is 12.2 Å². The molecule has 16 heavy (non-hydrogen) atoms. The van der Waals surface area contributed by atoms with Crippen LogP contribution in [0.3, 0.4) is 0 Å². The highest BCUT2D eigenvalue weighted by atomic mass is 16.5. The van der Waals surface area contributed by atoms with Crippen molar-refractivity contribution in [2.24, 2.45) is 0 Å². The highest BCUT2D eigenvalue weighted by Gasteiger charge is 2.28. The van der Waals surface area contributed by atoms with Gasteiger partial charge in [0.2, 0.25) is 0 Å². The molecule has 0 spiro atoms. The minimum atomic E-state index is -0.132. The maximum Gasteiger partial charge on any atom is 0.346 e. The van der Waals surface area contributed by atoms with Gasteiger partial charge in [-0.3, -0.25) is 0 Å². The normalized spacial score (nSPS) is 20.7. The fourth-order valence-corrected chi connectivity index (χ4v) is 1.85. The smallest absolute Gasteiger partial charge is 0.346 e. The average Bonchev–Trinajstić information content (AvgIpc) is 2.84. The Morgan fingerprint density at radius 1 is 1.56 bits per heavy atom. The molecule has 1 saturated heterocycles. The summed E-state index contributed by atoms with van der Waals surface area (Å²) in [5.41, 5.74) is 0. The highest BCUT2D eigenvalue weighted by molar-refractivity contribution is 5.75. The van der Waals surface area contributed by atoms with E-state index < -0.39 is 0 Å². The van der Waals surface area contributed by atoms with Gasteiger partial charge in [-0.15, -0.1) is 0 Å². The fraction of sp³-hybridized carbons (Fsp3) is 0.700. The van der Waals surface area contributed by atoms with E-state index >= 15 is 0 Å². The summed E-state index contributed by atoms with van der Waals surface area (Å²) < 4.78 is 6.92. The molecular weight excluding hydrogens is 208 g/mol. The van der Waals surface area contributed by atoms with Gasteiger partial charge in [0.25, 0.3) is 0 Å². The number of rotatable bonds is 2. The molecule has 6 heteroatoms. The molecule has 0 unspecified atom stereocenters. The molecule has 1 fully saturated rings. The summed E-state index contributed by atoms with van der Waals surface area (Å²) in [7, 11) is 0. The number of carbonyl (C=O) groups is 1. The lowest BCUT2D eigenvalue weighted by molar-refractivity contribution is 0.0157. The molecule has 88 valence electrons. The SMILES string of the molecule is CC(C)O[C@@H]1CCN(C(=O)n2cncn2)C1. The molecule has 1 aliphatic heterocycles. The Hall–Kier alpha value is -1.43. The topological polar surface area (TPSA) is 60.2 Å². The van der Waals surface area contributed by atoms with Crippen molar-refractivity contribution in [1.82, 2.24) is 19.7 Å². The van der Waals surface area contributed by atoms with Crippen LogP contribution in [0.2, 0.25) is 0 Å². The maximum atomic E-state index is 11.9. The molecule has 6 nitrogen and oxygen atoms in total. The van der Waals surface area contributed by atoms with Gasteiger partial charge >= 0.3 is 6.03 Å². The van der Waals surface area contributed by atoms with Crippen molar-refractivity contribution in [3.8, 4) is 0 Å².